The molecule has 1 aromatic heterocycles. The molecule has 1 aromatic rings. The summed E-state index contributed by atoms with van der Waals surface area (Å²) in [5.41, 5.74) is 5.74. The van der Waals surface area contributed by atoms with Crippen molar-refractivity contribution in [3.05, 3.63) is 23.9 Å². The van der Waals surface area contributed by atoms with Crippen LogP contribution in [0.2, 0.25) is 0 Å². The molecule has 1 aliphatic carbocycles. The van der Waals surface area contributed by atoms with Gasteiger partial charge in [-0.2, -0.15) is 0 Å². The molecule has 0 aliphatic heterocycles. The number of nitrogens with zero attached hydrogens (tertiary/aromatic N) is 1. The number of rotatable bonds is 2. The average Bonchev–Trinajstić information content (AvgIpc) is 2.11. The lowest BCUT2D eigenvalue weighted by atomic mass is 9.96. The maximum Gasteiger partial charge on any atom is 0.357 e. The summed E-state index contributed by atoms with van der Waals surface area (Å²) in [4.78, 5) is 15.3. The molecular formula is C10H12N2O2. The molecule has 1 aliphatic rings. The van der Waals surface area contributed by atoms with E-state index in [1.54, 1.807) is 18.2 Å². The van der Waals surface area contributed by atoms with E-state index in [-0.39, 0.29) is 17.8 Å². The maximum atomic E-state index is 11.5. The van der Waals surface area contributed by atoms with Crippen LogP contribution in [-0.2, 0) is 4.74 Å². The average molecular weight is 192 g/mol. The van der Waals surface area contributed by atoms with Gasteiger partial charge in [0.25, 0.3) is 0 Å². The summed E-state index contributed by atoms with van der Waals surface area (Å²) in [5, 5.41) is 0. The van der Waals surface area contributed by atoms with Crippen LogP contribution in [0.5, 0.6) is 0 Å². The van der Waals surface area contributed by atoms with E-state index in [1.165, 1.54) is 0 Å². The molecule has 0 atom stereocenters. The Morgan fingerprint density at radius 2 is 2.29 bits per heavy atom. The van der Waals surface area contributed by atoms with Gasteiger partial charge in [-0.1, -0.05) is 6.07 Å². The van der Waals surface area contributed by atoms with Crippen LogP contribution in [0, 0.1) is 0 Å². The van der Waals surface area contributed by atoms with Crippen molar-refractivity contribution in [2.24, 2.45) is 0 Å². The summed E-state index contributed by atoms with van der Waals surface area (Å²) in [6.45, 7) is 0. The molecule has 0 bridgehead atoms. The van der Waals surface area contributed by atoms with E-state index < -0.39 is 0 Å². The number of carbonyl (C=O) groups is 1. The van der Waals surface area contributed by atoms with E-state index in [4.69, 9.17) is 10.5 Å². The molecule has 4 heteroatoms. The Labute approximate surface area is 82.1 Å². The first kappa shape index (κ1) is 8.99. The quantitative estimate of drug-likeness (QED) is 0.719. The molecule has 74 valence electrons. The van der Waals surface area contributed by atoms with Crippen molar-refractivity contribution in [3.63, 3.8) is 0 Å². The summed E-state index contributed by atoms with van der Waals surface area (Å²) in [7, 11) is 0. The fraction of sp³-hybridized carbons (Fsp3) is 0.400. The van der Waals surface area contributed by atoms with Crippen molar-refractivity contribution in [2.75, 3.05) is 5.73 Å². The Kier molecular flexibility index (Phi) is 2.35. The fourth-order valence-corrected chi connectivity index (χ4v) is 1.27. The predicted octanol–water partition coefficient (Wildman–Crippen LogP) is 1.37. The number of pyridine rings is 1. The molecule has 1 heterocycles. The first-order chi connectivity index (χ1) is 6.75. The van der Waals surface area contributed by atoms with Crippen molar-refractivity contribution >= 4 is 11.8 Å². The standard InChI is InChI=1S/C10H12N2O2/c11-9-6-2-5-8(12-9)10(13)14-7-3-1-4-7/h2,5-7H,1,3-4H2,(H2,11,12). The van der Waals surface area contributed by atoms with Gasteiger partial charge in [-0.3, -0.25) is 0 Å². The van der Waals surface area contributed by atoms with Crippen LogP contribution < -0.4 is 5.73 Å². The topological polar surface area (TPSA) is 65.2 Å². The van der Waals surface area contributed by atoms with Crippen LogP contribution in [0.1, 0.15) is 29.8 Å². The van der Waals surface area contributed by atoms with Crippen LogP contribution in [0.15, 0.2) is 18.2 Å². The first-order valence-corrected chi connectivity index (χ1v) is 4.69. The van der Waals surface area contributed by atoms with Crippen LogP contribution in [-0.4, -0.2) is 17.1 Å². The van der Waals surface area contributed by atoms with Gasteiger partial charge >= 0.3 is 5.97 Å². The highest BCUT2D eigenvalue weighted by Gasteiger charge is 2.22. The van der Waals surface area contributed by atoms with Crippen LogP contribution in [0.3, 0.4) is 0 Å². The van der Waals surface area contributed by atoms with Gasteiger partial charge in [-0.15, -0.1) is 0 Å². The van der Waals surface area contributed by atoms with E-state index >= 15 is 0 Å². The largest absolute Gasteiger partial charge is 0.458 e. The number of nitrogen functional groups attached to an aromatic ring is 1. The molecule has 0 amide bonds. The summed E-state index contributed by atoms with van der Waals surface area (Å²) in [6, 6.07) is 4.94. The zero-order valence-corrected chi connectivity index (χ0v) is 7.77. The lowest BCUT2D eigenvalue weighted by Gasteiger charge is -2.24. The molecule has 2 rings (SSSR count). The second-order valence-corrected chi connectivity index (χ2v) is 3.41. The second-order valence-electron chi connectivity index (χ2n) is 3.41. The predicted molar refractivity (Wildman–Crippen MR) is 51.7 cm³/mol. The Hall–Kier alpha value is -1.58. The molecule has 1 saturated carbocycles. The normalized spacial score (nSPS) is 16.0. The summed E-state index contributed by atoms with van der Waals surface area (Å²) < 4.78 is 5.17. The number of anilines is 1. The number of carbonyl (C=O) groups excluding carboxylic acids is 1. The van der Waals surface area contributed by atoms with Gasteiger partial charge in [-0.05, 0) is 31.4 Å². The van der Waals surface area contributed by atoms with Crippen molar-refractivity contribution in [2.45, 2.75) is 25.4 Å². The van der Waals surface area contributed by atoms with E-state index in [2.05, 4.69) is 4.98 Å². The minimum absolute atomic E-state index is 0.0886. The molecule has 0 aromatic carbocycles. The molecule has 0 radical (unpaired) electrons. The van der Waals surface area contributed by atoms with Crippen molar-refractivity contribution in [1.29, 1.82) is 0 Å². The second kappa shape index (κ2) is 3.65. The maximum absolute atomic E-state index is 11.5. The lowest BCUT2D eigenvalue weighted by molar-refractivity contribution is 0.00839. The number of esters is 1. The SMILES string of the molecule is Nc1cccc(C(=O)OC2CCC2)n1. The van der Waals surface area contributed by atoms with Gasteiger partial charge in [0, 0.05) is 0 Å². The Morgan fingerprint density at radius 1 is 1.50 bits per heavy atom. The van der Waals surface area contributed by atoms with E-state index in [1.807, 2.05) is 0 Å². The minimum atomic E-state index is -0.373. The Balaban J connectivity index is 2.02. The van der Waals surface area contributed by atoms with Crippen molar-refractivity contribution in [1.82, 2.24) is 4.98 Å². The van der Waals surface area contributed by atoms with Gasteiger partial charge in [0.05, 0.1) is 0 Å². The number of aromatic nitrogens is 1. The van der Waals surface area contributed by atoms with Crippen LogP contribution >= 0.6 is 0 Å². The summed E-state index contributed by atoms with van der Waals surface area (Å²) >= 11 is 0. The molecule has 14 heavy (non-hydrogen) atoms. The Morgan fingerprint density at radius 3 is 2.86 bits per heavy atom. The van der Waals surface area contributed by atoms with Gasteiger partial charge in [-0.25, -0.2) is 9.78 Å². The van der Waals surface area contributed by atoms with Crippen LogP contribution in [0.4, 0.5) is 5.82 Å². The summed E-state index contributed by atoms with van der Waals surface area (Å²) in [6.07, 6.45) is 3.16. The fourth-order valence-electron chi connectivity index (χ4n) is 1.27. The lowest BCUT2D eigenvalue weighted by Crippen LogP contribution is -2.25. The van der Waals surface area contributed by atoms with Crippen LogP contribution in [0.25, 0.3) is 0 Å². The first-order valence-electron chi connectivity index (χ1n) is 4.69. The Bertz CT molecular complexity index is 348. The third-order valence-electron chi connectivity index (χ3n) is 2.31. The van der Waals surface area contributed by atoms with Crippen molar-refractivity contribution in [3.8, 4) is 0 Å². The molecule has 0 saturated heterocycles. The van der Waals surface area contributed by atoms with Gasteiger partial charge in [0.1, 0.15) is 11.9 Å². The number of ether oxygens (including phenoxy) is 1. The van der Waals surface area contributed by atoms with E-state index in [9.17, 15) is 4.79 Å². The van der Waals surface area contributed by atoms with Crippen molar-refractivity contribution < 1.29 is 9.53 Å². The van der Waals surface area contributed by atoms with Gasteiger partial charge < -0.3 is 10.5 Å². The molecule has 2 N–H and O–H groups in total. The molecular weight excluding hydrogens is 180 g/mol. The highest BCUT2D eigenvalue weighted by Crippen LogP contribution is 2.22. The van der Waals surface area contributed by atoms with Gasteiger partial charge in [0.15, 0.2) is 5.69 Å². The minimum Gasteiger partial charge on any atom is -0.458 e. The van der Waals surface area contributed by atoms with E-state index in [0.717, 1.165) is 19.3 Å². The highest BCUT2D eigenvalue weighted by atomic mass is 16.5. The summed E-state index contributed by atoms with van der Waals surface area (Å²) in [5.74, 6) is -0.0324. The molecule has 4 nitrogen and oxygen atoms in total. The number of hydrogen-bond acceptors (Lipinski definition) is 4. The zero-order chi connectivity index (χ0) is 9.97. The molecule has 0 spiro atoms. The third kappa shape index (κ3) is 1.84. The third-order valence-corrected chi connectivity index (χ3v) is 2.31. The van der Waals surface area contributed by atoms with Gasteiger partial charge in [0.2, 0.25) is 0 Å². The highest BCUT2D eigenvalue weighted by molar-refractivity contribution is 5.87. The number of nitrogens with two attached hydrogens (primary N) is 1. The number of hydrogen-bond donors (Lipinski definition) is 1. The molecule has 0 unspecified atom stereocenters. The van der Waals surface area contributed by atoms with E-state index in [0.29, 0.717) is 5.82 Å². The zero-order valence-electron chi connectivity index (χ0n) is 7.77. The monoisotopic (exact) mass is 192 g/mol. The smallest absolute Gasteiger partial charge is 0.357 e. The molecule has 1 fully saturated rings.